The van der Waals surface area contributed by atoms with Gasteiger partial charge in [0.2, 0.25) is 0 Å². The number of aliphatic hydroxyl groups excluding tert-OH is 1. The largest absolute Gasteiger partial charge is 0.395 e. The summed E-state index contributed by atoms with van der Waals surface area (Å²) in [6.45, 7) is -0.247. The molecule has 1 aromatic rings. The van der Waals surface area contributed by atoms with E-state index in [2.05, 4.69) is 5.32 Å². The molecule has 1 aliphatic rings. The van der Waals surface area contributed by atoms with Gasteiger partial charge in [-0.3, -0.25) is 4.79 Å². The van der Waals surface area contributed by atoms with Crippen molar-refractivity contribution in [2.75, 3.05) is 31.6 Å². The van der Waals surface area contributed by atoms with E-state index in [1.807, 2.05) is 0 Å². The second kappa shape index (κ2) is 5.97. The lowest BCUT2D eigenvalue weighted by molar-refractivity contribution is 0.0509. The summed E-state index contributed by atoms with van der Waals surface area (Å²) in [6, 6.07) is 5.14. The van der Waals surface area contributed by atoms with Gasteiger partial charge in [-0.1, -0.05) is 0 Å². The highest BCUT2D eigenvalue weighted by molar-refractivity contribution is 5.95. The second-order valence-corrected chi connectivity index (χ2v) is 4.41. The van der Waals surface area contributed by atoms with Gasteiger partial charge < -0.3 is 15.3 Å². The summed E-state index contributed by atoms with van der Waals surface area (Å²) >= 11 is 0. The Bertz CT molecular complexity index is 466. The third kappa shape index (κ3) is 3.20. The Hall–Kier alpha value is -1.69. The predicted octanol–water partition coefficient (Wildman–Crippen LogP) is 1.35. The van der Waals surface area contributed by atoms with Gasteiger partial charge in [-0.25, -0.2) is 8.78 Å². The first-order chi connectivity index (χ1) is 9.11. The summed E-state index contributed by atoms with van der Waals surface area (Å²) in [7, 11) is 0. The zero-order valence-electron chi connectivity index (χ0n) is 10.4. The van der Waals surface area contributed by atoms with Crippen LogP contribution in [0.2, 0.25) is 0 Å². The van der Waals surface area contributed by atoms with E-state index >= 15 is 0 Å². The standard InChI is InChI=1S/C13H16F2N2O2/c14-12(15)8-17(5-6-18)13(19)10-1-2-11-9(7-10)3-4-16-11/h1-2,7,12,16,18H,3-6,8H2. The minimum atomic E-state index is -2.61. The molecule has 0 saturated carbocycles. The Morgan fingerprint density at radius 3 is 2.95 bits per heavy atom. The zero-order valence-corrected chi connectivity index (χ0v) is 10.4. The number of nitrogens with zero attached hydrogens (tertiary/aromatic N) is 1. The molecule has 104 valence electrons. The molecule has 0 spiro atoms. The fraction of sp³-hybridized carbons (Fsp3) is 0.462. The number of amides is 1. The van der Waals surface area contributed by atoms with Crippen molar-refractivity contribution in [3.05, 3.63) is 29.3 Å². The normalized spacial score (nSPS) is 13.3. The number of carbonyl (C=O) groups excluding carboxylic acids is 1. The number of fused-ring (bicyclic) bond motifs is 1. The predicted molar refractivity (Wildman–Crippen MR) is 67.6 cm³/mol. The van der Waals surface area contributed by atoms with Gasteiger partial charge in [0.15, 0.2) is 0 Å². The smallest absolute Gasteiger partial charge is 0.255 e. The van der Waals surface area contributed by atoms with Crippen molar-refractivity contribution >= 4 is 11.6 Å². The fourth-order valence-electron chi connectivity index (χ4n) is 2.18. The maximum atomic E-state index is 12.4. The molecule has 2 N–H and O–H groups in total. The summed E-state index contributed by atoms with van der Waals surface area (Å²) < 4.78 is 24.8. The van der Waals surface area contributed by atoms with Crippen LogP contribution < -0.4 is 5.32 Å². The van der Waals surface area contributed by atoms with E-state index in [-0.39, 0.29) is 13.2 Å². The van der Waals surface area contributed by atoms with E-state index in [0.717, 1.165) is 29.1 Å². The third-order valence-corrected chi connectivity index (χ3v) is 3.08. The molecule has 1 heterocycles. The van der Waals surface area contributed by atoms with Crippen molar-refractivity contribution in [2.24, 2.45) is 0 Å². The molecule has 1 aliphatic heterocycles. The van der Waals surface area contributed by atoms with Crippen molar-refractivity contribution in [1.82, 2.24) is 4.90 Å². The third-order valence-electron chi connectivity index (χ3n) is 3.08. The van der Waals surface area contributed by atoms with Crippen LogP contribution in [0.5, 0.6) is 0 Å². The first kappa shape index (κ1) is 13.7. The lowest BCUT2D eigenvalue weighted by atomic mass is 10.1. The number of benzene rings is 1. The summed E-state index contributed by atoms with van der Waals surface area (Å²) in [5.41, 5.74) is 2.39. The maximum Gasteiger partial charge on any atom is 0.255 e. The Kier molecular flexibility index (Phi) is 4.31. The van der Waals surface area contributed by atoms with Gasteiger partial charge in [0.25, 0.3) is 12.3 Å². The van der Waals surface area contributed by atoms with Gasteiger partial charge in [0.1, 0.15) is 0 Å². The van der Waals surface area contributed by atoms with E-state index in [1.54, 1.807) is 18.2 Å². The lowest BCUT2D eigenvalue weighted by Crippen LogP contribution is -2.37. The van der Waals surface area contributed by atoms with Gasteiger partial charge in [-0.2, -0.15) is 0 Å². The van der Waals surface area contributed by atoms with Crippen LogP contribution >= 0.6 is 0 Å². The number of anilines is 1. The van der Waals surface area contributed by atoms with E-state index in [0.29, 0.717) is 5.56 Å². The molecule has 0 saturated heterocycles. The van der Waals surface area contributed by atoms with Crippen molar-refractivity contribution in [1.29, 1.82) is 0 Å². The molecular weight excluding hydrogens is 254 g/mol. The Morgan fingerprint density at radius 2 is 2.26 bits per heavy atom. The highest BCUT2D eigenvalue weighted by atomic mass is 19.3. The van der Waals surface area contributed by atoms with Crippen molar-refractivity contribution in [3.63, 3.8) is 0 Å². The van der Waals surface area contributed by atoms with E-state index < -0.39 is 18.9 Å². The zero-order chi connectivity index (χ0) is 13.8. The van der Waals surface area contributed by atoms with Crippen LogP contribution in [0.15, 0.2) is 18.2 Å². The van der Waals surface area contributed by atoms with Crippen molar-refractivity contribution in [2.45, 2.75) is 12.8 Å². The SMILES string of the molecule is O=C(c1ccc2c(c1)CCN2)N(CCO)CC(F)F. The molecule has 1 aromatic carbocycles. The van der Waals surface area contributed by atoms with Crippen LogP contribution in [0.4, 0.5) is 14.5 Å². The molecule has 6 heteroatoms. The molecular formula is C13H16F2N2O2. The molecule has 0 radical (unpaired) electrons. The van der Waals surface area contributed by atoms with Crippen LogP contribution in [0.25, 0.3) is 0 Å². The quantitative estimate of drug-likeness (QED) is 0.849. The van der Waals surface area contributed by atoms with Crippen LogP contribution in [0.1, 0.15) is 15.9 Å². The Balaban J connectivity index is 2.16. The van der Waals surface area contributed by atoms with Crippen LogP contribution in [0, 0.1) is 0 Å². The number of alkyl halides is 2. The summed E-state index contributed by atoms with van der Waals surface area (Å²) in [6.07, 6.45) is -1.78. The van der Waals surface area contributed by atoms with Gasteiger partial charge >= 0.3 is 0 Å². The molecule has 0 atom stereocenters. The van der Waals surface area contributed by atoms with Crippen LogP contribution in [-0.4, -0.2) is 48.6 Å². The molecule has 0 unspecified atom stereocenters. The number of carbonyl (C=O) groups is 1. The first-order valence-corrected chi connectivity index (χ1v) is 6.17. The summed E-state index contributed by atoms with van der Waals surface area (Å²) in [5, 5.41) is 12.0. The molecule has 1 amide bonds. The molecule has 0 bridgehead atoms. The molecule has 2 rings (SSSR count). The maximum absolute atomic E-state index is 12.4. The van der Waals surface area contributed by atoms with Crippen LogP contribution in [-0.2, 0) is 6.42 Å². The number of aliphatic hydroxyl groups is 1. The van der Waals surface area contributed by atoms with Gasteiger partial charge in [0.05, 0.1) is 13.2 Å². The first-order valence-electron chi connectivity index (χ1n) is 6.17. The molecule has 0 fully saturated rings. The molecule has 0 aromatic heterocycles. The van der Waals surface area contributed by atoms with Crippen molar-refractivity contribution in [3.8, 4) is 0 Å². The average molecular weight is 270 g/mol. The highest BCUT2D eigenvalue weighted by Crippen LogP contribution is 2.23. The number of nitrogens with one attached hydrogen (secondary N) is 1. The summed E-state index contributed by atoms with van der Waals surface area (Å²) in [5.74, 6) is -0.468. The number of hydrogen-bond acceptors (Lipinski definition) is 3. The number of rotatable bonds is 5. The Labute approximate surface area is 110 Å². The number of hydrogen-bond donors (Lipinski definition) is 2. The van der Waals surface area contributed by atoms with Gasteiger partial charge in [-0.15, -0.1) is 0 Å². The summed E-state index contributed by atoms with van der Waals surface area (Å²) in [4.78, 5) is 13.1. The minimum absolute atomic E-state index is 0.0848. The van der Waals surface area contributed by atoms with E-state index in [9.17, 15) is 13.6 Å². The van der Waals surface area contributed by atoms with Gasteiger partial charge in [-0.05, 0) is 30.2 Å². The lowest BCUT2D eigenvalue weighted by Gasteiger charge is -2.21. The molecule has 0 aliphatic carbocycles. The minimum Gasteiger partial charge on any atom is -0.395 e. The van der Waals surface area contributed by atoms with E-state index in [4.69, 9.17) is 5.11 Å². The Morgan fingerprint density at radius 1 is 1.47 bits per heavy atom. The molecule has 19 heavy (non-hydrogen) atoms. The van der Waals surface area contributed by atoms with Crippen LogP contribution in [0.3, 0.4) is 0 Å². The van der Waals surface area contributed by atoms with Gasteiger partial charge in [0, 0.05) is 24.3 Å². The second-order valence-electron chi connectivity index (χ2n) is 4.41. The molecule has 4 nitrogen and oxygen atoms in total. The fourth-order valence-corrected chi connectivity index (χ4v) is 2.18. The highest BCUT2D eigenvalue weighted by Gasteiger charge is 2.21. The monoisotopic (exact) mass is 270 g/mol. The van der Waals surface area contributed by atoms with E-state index in [1.165, 1.54) is 0 Å². The average Bonchev–Trinajstić information content (AvgIpc) is 2.84. The van der Waals surface area contributed by atoms with Crippen molar-refractivity contribution < 1.29 is 18.7 Å². The number of halogens is 2. The topological polar surface area (TPSA) is 52.6 Å².